The van der Waals surface area contributed by atoms with Crippen molar-refractivity contribution in [2.24, 2.45) is 10.9 Å². The fourth-order valence-corrected chi connectivity index (χ4v) is 5.92. The van der Waals surface area contributed by atoms with Gasteiger partial charge in [0.2, 0.25) is 0 Å². The van der Waals surface area contributed by atoms with Crippen molar-refractivity contribution in [1.82, 2.24) is 10.6 Å². The molecule has 24 heavy (non-hydrogen) atoms. The van der Waals surface area contributed by atoms with Crippen molar-refractivity contribution in [2.75, 3.05) is 18.1 Å². The van der Waals surface area contributed by atoms with Crippen molar-refractivity contribution >= 4 is 27.1 Å². The molecule has 1 aliphatic heterocycles. The summed E-state index contributed by atoms with van der Waals surface area (Å²) in [6.07, 6.45) is 7.02. The number of rotatable bonds is 5. The van der Waals surface area contributed by atoms with Gasteiger partial charge in [-0.15, -0.1) is 11.3 Å². The molecule has 1 saturated carbocycles. The third kappa shape index (κ3) is 5.48. The van der Waals surface area contributed by atoms with E-state index in [-0.39, 0.29) is 5.92 Å². The highest BCUT2D eigenvalue weighted by Gasteiger charge is 2.28. The van der Waals surface area contributed by atoms with E-state index in [9.17, 15) is 8.42 Å². The largest absolute Gasteiger partial charge is 0.356 e. The lowest BCUT2D eigenvalue weighted by molar-refractivity contribution is 0.408. The molecular weight excluding hydrogens is 342 g/mol. The lowest BCUT2D eigenvalue weighted by Gasteiger charge is -2.25. The Morgan fingerprint density at radius 1 is 1.25 bits per heavy atom. The van der Waals surface area contributed by atoms with Crippen LogP contribution in [0.2, 0.25) is 0 Å². The molecule has 0 amide bonds. The van der Waals surface area contributed by atoms with E-state index in [2.05, 4.69) is 22.1 Å². The van der Waals surface area contributed by atoms with Crippen molar-refractivity contribution < 1.29 is 8.42 Å². The van der Waals surface area contributed by atoms with E-state index in [1.165, 1.54) is 37.0 Å². The number of thiophene rings is 1. The van der Waals surface area contributed by atoms with Crippen LogP contribution >= 0.6 is 11.3 Å². The molecule has 1 aliphatic carbocycles. The Hall–Kier alpha value is -1.08. The molecule has 1 aromatic rings. The van der Waals surface area contributed by atoms with Gasteiger partial charge in [0.25, 0.3) is 0 Å². The first-order valence-corrected chi connectivity index (χ1v) is 11.6. The summed E-state index contributed by atoms with van der Waals surface area (Å²) in [5, 5.41) is 9.01. The van der Waals surface area contributed by atoms with Gasteiger partial charge in [-0.2, -0.15) is 0 Å². The van der Waals surface area contributed by atoms with Crippen LogP contribution < -0.4 is 10.6 Å². The zero-order valence-corrected chi connectivity index (χ0v) is 15.7. The fraction of sp³-hybridized carbons (Fsp3) is 0.706. The molecule has 2 fully saturated rings. The van der Waals surface area contributed by atoms with Crippen LogP contribution in [0.5, 0.6) is 0 Å². The molecule has 1 unspecified atom stereocenters. The van der Waals surface area contributed by atoms with Gasteiger partial charge in [0.1, 0.15) is 0 Å². The van der Waals surface area contributed by atoms with Crippen LogP contribution in [0.25, 0.3) is 0 Å². The van der Waals surface area contributed by atoms with E-state index < -0.39 is 9.84 Å². The lowest BCUT2D eigenvalue weighted by Crippen LogP contribution is -2.45. The van der Waals surface area contributed by atoms with Crippen molar-refractivity contribution in [3.63, 3.8) is 0 Å². The number of aliphatic imine (C=N–C) groups is 1. The number of nitrogens with one attached hydrogen (secondary N) is 2. The van der Waals surface area contributed by atoms with Crippen LogP contribution in [-0.4, -0.2) is 38.5 Å². The Kier molecular flexibility index (Phi) is 6.16. The van der Waals surface area contributed by atoms with Gasteiger partial charge in [0.15, 0.2) is 15.8 Å². The van der Waals surface area contributed by atoms with Crippen LogP contribution in [0.3, 0.4) is 0 Å². The highest BCUT2D eigenvalue weighted by atomic mass is 32.2. The smallest absolute Gasteiger partial charge is 0.191 e. The van der Waals surface area contributed by atoms with E-state index in [1.54, 1.807) is 11.3 Å². The van der Waals surface area contributed by atoms with E-state index in [0.29, 0.717) is 30.6 Å². The summed E-state index contributed by atoms with van der Waals surface area (Å²) in [6, 6.07) is 4.62. The van der Waals surface area contributed by atoms with Gasteiger partial charge in [-0.05, 0) is 36.6 Å². The topological polar surface area (TPSA) is 70.6 Å². The zero-order chi connectivity index (χ0) is 16.8. The van der Waals surface area contributed by atoms with Crippen LogP contribution in [-0.2, 0) is 16.4 Å². The Balaban J connectivity index is 1.56. The van der Waals surface area contributed by atoms with Gasteiger partial charge in [0.05, 0.1) is 18.1 Å². The normalized spacial score (nSPS) is 24.8. The molecule has 1 saturated heterocycles. The Labute approximate surface area is 148 Å². The van der Waals surface area contributed by atoms with Crippen LogP contribution in [0.1, 0.15) is 43.4 Å². The van der Waals surface area contributed by atoms with Crippen molar-refractivity contribution in [3.8, 4) is 0 Å². The molecule has 0 radical (unpaired) electrons. The number of nitrogens with zero attached hydrogens (tertiary/aromatic N) is 1. The molecule has 134 valence electrons. The molecule has 0 spiro atoms. The third-order valence-electron chi connectivity index (χ3n) is 4.80. The minimum atomic E-state index is -2.82. The maximum atomic E-state index is 11.6. The van der Waals surface area contributed by atoms with Gasteiger partial charge >= 0.3 is 0 Å². The molecule has 2 aliphatic rings. The summed E-state index contributed by atoms with van der Waals surface area (Å²) in [5.41, 5.74) is 0. The summed E-state index contributed by atoms with van der Waals surface area (Å²) in [7, 11) is -2.82. The second kappa shape index (κ2) is 8.34. The molecule has 0 aromatic carbocycles. The number of sulfone groups is 1. The van der Waals surface area contributed by atoms with E-state index in [1.807, 2.05) is 6.07 Å². The van der Waals surface area contributed by atoms with Crippen molar-refractivity contribution in [1.29, 1.82) is 0 Å². The Morgan fingerprint density at radius 2 is 2.08 bits per heavy atom. The fourth-order valence-electron chi connectivity index (χ4n) is 3.43. The summed E-state index contributed by atoms with van der Waals surface area (Å²) in [6.45, 7) is 1.35. The van der Waals surface area contributed by atoms with Gasteiger partial charge < -0.3 is 10.6 Å². The van der Waals surface area contributed by atoms with Crippen LogP contribution in [0.15, 0.2) is 22.5 Å². The third-order valence-corrected chi connectivity index (χ3v) is 7.50. The average molecular weight is 370 g/mol. The monoisotopic (exact) mass is 369 g/mol. The first-order valence-electron chi connectivity index (χ1n) is 8.88. The number of guanidine groups is 1. The maximum Gasteiger partial charge on any atom is 0.191 e. The molecule has 2 N–H and O–H groups in total. The molecule has 0 bridgehead atoms. The second-order valence-electron chi connectivity index (χ2n) is 6.87. The van der Waals surface area contributed by atoms with Crippen molar-refractivity contribution in [3.05, 3.63) is 22.4 Å². The van der Waals surface area contributed by atoms with Gasteiger partial charge in [0, 0.05) is 17.5 Å². The minimum absolute atomic E-state index is 0.204. The zero-order valence-electron chi connectivity index (χ0n) is 14.0. The molecule has 1 atom stereocenters. The summed E-state index contributed by atoms with van der Waals surface area (Å²) in [4.78, 5) is 5.95. The van der Waals surface area contributed by atoms with Crippen LogP contribution in [0.4, 0.5) is 0 Å². The highest BCUT2D eigenvalue weighted by molar-refractivity contribution is 7.91. The quantitative estimate of drug-likeness (QED) is 0.618. The van der Waals surface area contributed by atoms with Gasteiger partial charge in [-0.25, -0.2) is 13.4 Å². The first kappa shape index (κ1) is 17.7. The standard InChI is InChI=1S/C17H27N3O2S2/c21-24(22)10-8-14(13-24)11-18-17(19-12-16-7-4-9-23-16)20-15-5-2-1-3-6-15/h4,7,9,14-15H,1-3,5-6,8,10-13H2,(H2,18,19,20). The molecule has 5 nitrogen and oxygen atoms in total. The summed E-state index contributed by atoms with van der Waals surface area (Å²) < 4.78 is 23.2. The van der Waals surface area contributed by atoms with E-state index >= 15 is 0 Å². The molecule has 1 aromatic heterocycles. The predicted octanol–water partition coefficient (Wildman–Crippen LogP) is 2.55. The Morgan fingerprint density at radius 3 is 2.75 bits per heavy atom. The van der Waals surface area contributed by atoms with E-state index in [0.717, 1.165) is 12.4 Å². The highest BCUT2D eigenvalue weighted by Crippen LogP contribution is 2.19. The predicted molar refractivity (Wildman–Crippen MR) is 100 cm³/mol. The van der Waals surface area contributed by atoms with Crippen molar-refractivity contribution in [2.45, 2.75) is 51.1 Å². The molecular formula is C17H27N3O2S2. The Bertz CT molecular complexity index is 635. The lowest BCUT2D eigenvalue weighted by atomic mass is 9.96. The van der Waals surface area contributed by atoms with E-state index in [4.69, 9.17) is 4.99 Å². The maximum absolute atomic E-state index is 11.6. The molecule has 7 heteroatoms. The molecule has 3 rings (SSSR count). The average Bonchev–Trinajstić information content (AvgIpc) is 3.20. The second-order valence-corrected chi connectivity index (χ2v) is 10.1. The number of hydrogen-bond acceptors (Lipinski definition) is 4. The first-order chi connectivity index (χ1) is 11.6. The summed E-state index contributed by atoms with van der Waals surface area (Å²) >= 11 is 1.71. The van der Waals surface area contributed by atoms with Gasteiger partial charge in [-0.1, -0.05) is 25.3 Å². The molecule has 2 heterocycles. The number of hydrogen-bond donors (Lipinski definition) is 2. The SMILES string of the molecule is O=S1(=O)CCC(CNC(=NCc2cccs2)NC2CCCCC2)C1. The van der Waals surface area contributed by atoms with Gasteiger partial charge in [-0.3, -0.25) is 0 Å². The van der Waals surface area contributed by atoms with Crippen LogP contribution in [0, 0.1) is 5.92 Å². The minimum Gasteiger partial charge on any atom is -0.356 e. The summed E-state index contributed by atoms with van der Waals surface area (Å²) in [5.74, 6) is 1.67.